The summed E-state index contributed by atoms with van der Waals surface area (Å²) >= 11 is 4.20. The van der Waals surface area contributed by atoms with Gasteiger partial charge >= 0.3 is 127 Å². The molecule has 0 amide bonds. The maximum atomic E-state index is 2.38. The predicted molar refractivity (Wildman–Crippen MR) is 76.7 cm³/mol. The van der Waals surface area contributed by atoms with Crippen LogP contribution in [0.25, 0.3) is 0 Å². The smallest absolute Gasteiger partial charge is 1.00 e. The molecular formula is C16H21Cl2STi. The molecule has 4 heteroatoms. The van der Waals surface area contributed by atoms with E-state index in [1.807, 2.05) is 11.3 Å². The predicted octanol–water partition coefficient (Wildman–Crippen LogP) is -0.863. The fraction of sp³-hybridized carbons (Fsp3) is 0.500. The summed E-state index contributed by atoms with van der Waals surface area (Å²) in [6.45, 7) is 7.02. The van der Waals surface area contributed by atoms with Gasteiger partial charge in [0.15, 0.2) is 0 Å². The second-order valence-electron chi connectivity index (χ2n) is 5.50. The Hall–Kier alpha value is 0.474. The van der Waals surface area contributed by atoms with Crippen molar-refractivity contribution in [1.29, 1.82) is 0 Å². The molecule has 1 aromatic rings. The first kappa shape index (κ1) is 20.5. The van der Waals surface area contributed by atoms with Gasteiger partial charge in [0.25, 0.3) is 0 Å². The summed E-state index contributed by atoms with van der Waals surface area (Å²) in [5.41, 5.74) is 3.27. The molecule has 20 heavy (non-hydrogen) atoms. The normalized spacial score (nSPS) is 14.2. The first-order chi connectivity index (χ1) is 8.57. The molecule has 0 saturated carbocycles. The van der Waals surface area contributed by atoms with Crippen molar-refractivity contribution in [3.63, 3.8) is 0 Å². The Labute approximate surface area is 151 Å². The second-order valence-corrected chi connectivity index (χ2v) is 7.36. The van der Waals surface area contributed by atoms with Crippen molar-refractivity contribution in [2.24, 2.45) is 0 Å². The van der Waals surface area contributed by atoms with Gasteiger partial charge in [0.2, 0.25) is 0 Å². The summed E-state index contributed by atoms with van der Waals surface area (Å²) in [4.78, 5) is 1.57. The van der Waals surface area contributed by atoms with E-state index in [9.17, 15) is 0 Å². The van der Waals surface area contributed by atoms with Gasteiger partial charge in [-0.05, 0) is 0 Å². The second kappa shape index (κ2) is 8.81. The molecule has 0 aromatic carbocycles. The van der Waals surface area contributed by atoms with E-state index in [-0.39, 0.29) is 30.2 Å². The molecule has 0 fully saturated rings. The van der Waals surface area contributed by atoms with Gasteiger partial charge in [0.05, 0.1) is 0 Å². The van der Waals surface area contributed by atoms with Crippen LogP contribution in [-0.2, 0) is 32.3 Å². The van der Waals surface area contributed by atoms with E-state index in [2.05, 4.69) is 64.8 Å². The van der Waals surface area contributed by atoms with Crippen LogP contribution in [0.4, 0.5) is 0 Å². The van der Waals surface area contributed by atoms with E-state index in [1.165, 1.54) is 28.7 Å². The molecule has 0 spiro atoms. The number of unbranched alkanes of at least 4 members (excludes halogenated alkanes) is 1. The van der Waals surface area contributed by atoms with E-state index >= 15 is 0 Å². The zero-order valence-corrected chi connectivity index (χ0v) is 16.2. The van der Waals surface area contributed by atoms with Gasteiger partial charge < -0.3 is 24.8 Å². The van der Waals surface area contributed by atoms with E-state index in [0.717, 1.165) is 6.42 Å². The molecule has 0 aliphatic heterocycles. The third-order valence-electron chi connectivity index (χ3n) is 3.72. The fourth-order valence-electron chi connectivity index (χ4n) is 2.66. The molecule has 1 aromatic heterocycles. The number of aryl methyl sites for hydroxylation is 1. The molecule has 0 atom stereocenters. The topological polar surface area (TPSA) is 0 Å². The van der Waals surface area contributed by atoms with Crippen LogP contribution >= 0.6 is 11.3 Å². The quantitative estimate of drug-likeness (QED) is 0.597. The minimum absolute atomic E-state index is 0. The monoisotopic (exact) mass is 363 g/mol. The largest absolute Gasteiger partial charge is 1.00 e. The van der Waals surface area contributed by atoms with Crippen LogP contribution in [0.1, 0.15) is 50.5 Å². The molecule has 109 valence electrons. The minimum atomic E-state index is 0. The Morgan fingerprint density at radius 3 is 2.55 bits per heavy atom. The number of allylic oxidation sites excluding steroid dienone is 4. The van der Waals surface area contributed by atoms with E-state index in [1.54, 1.807) is 10.4 Å². The van der Waals surface area contributed by atoms with E-state index in [0.29, 0.717) is 0 Å². The molecule has 0 radical (unpaired) electrons. The van der Waals surface area contributed by atoms with Crippen LogP contribution in [0.5, 0.6) is 0 Å². The standard InChI is InChI=1S/C16H21S.2ClH.Ti/c1-4-5-8-13-11-12-17-15(13)16(2,3)14-9-6-7-10-14;;;/h6,9,11-12H,4-5,7-8H2,1-3H3;2*1H;/q;;;+2/p-2. The van der Waals surface area contributed by atoms with Crippen molar-refractivity contribution in [3.8, 4) is 0 Å². The molecule has 0 N–H and O–H groups in total. The Balaban J connectivity index is 0.00000180. The van der Waals surface area contributed by atoms with Crippen molar-refractivity contribution in [2.75, 3.05) is 0 Å². The Kier molecular flexibility index (Phi) is 9.01. The van der Waals surface area contributed by atoms with Crippen LogP contribution in [0.2, 0.25) is 0 Å². The van der Waals surface area contributed by atoms with Crippen molar-refractivity contribution in [2.45, 2.75) is 51.9 Å². The molecular weight excluding hydrogens is 343 g/mol. The molecule has 0 unspecified atom stereocenters. The molecule has 0 bridgehead atoms. The van der Waals surface area contributed by atoms with Crippen LogP contribution in [0.15, 0.2) is 33.0 Å². The average Bonchev–Trinajstić information content (AvgIpc) is 2.94. The first-order valence-corrected chi connectivity index (χ1v) is 8.42. The van der Waals surface area contributed by atoms with E-state index < -0.39 is 0 Å². The summed E-state index contributed by atoms with van der Waals surface area (Å²) in [6.07, 6.45) is 9.57. The van der Waals surface area contributed by atoms with Crippen LogP contribution < -0.4 is 24.8 Å². The first-order valence-electron chi connectivity index (χ1n) is 6.76. The Morgan fingerprint density at radius 2 is 2.00 bits per heavy atom. The molecule has 1 heterocycles. The van der Waals surface area contributed by atoms with Gasteiger partial charge in [-0.25, -0.2) is 0 Å². The SMILES string of the molecule is CCCCc1ccsc1C(C)(C)C1=[C]([Ti+2])CC=C1.[Cl-].[Cl-]. The van der Waals surface area contributed by atoms with Gasteiger partial charge in [-0.1, -0.05) is 0 Å². The molecule has 0 nitrogen and oxygen atoms in total. The van der Waals surface area contributed by atoms with Crippen molar-refractivity contribution >= 4 is 11.3 Å². The number of hydrogen-bond acceptors (Lipinski definition) is 1. The van der Waals surface area contributed by atoms with E-state index in [4.69, 9.17) is 0 Å². The van der Waals surface area contributed by atoms with Gasteiger partial charge in [0, 0.05) is 0 Å². The minimum Gasteiger partial charge on any atom is -1.00 e. The number of halogens is 2. The number of thiophene rings is 1. The molecule has 1 aliphatic carbocycles. The third-order valence-corrected chi connectivity index (χ3v) is 5.74. The Bertz CT molecular complexity index is 486. The zero-order valence-electron chi connectivity index (χ0n) is 12.3. The number of rotatable bonds is 5. The van der Waals surface area contributed by atoms with Crippen molar-refractivity contribution < 1.29 is 45.2 Å². The van der Waals surface area contributed by atoms with Gasteiger partial charge in [-0.2, -0.15) is 0 Å². The van der Waals surface area contributed by atoms with Crippen molar-refractivity contribution in [3.05, 3.63) is 43.5 Å². The van der Waals surface area contributed by atoms with Gasteiger partial charge in [-0.15, -0.1) is 0 Å². The average molecular weight is 364 g/mol. The summed E-state index contributed by atoms with van der Waals surface area (Å²) in [6, 6.07) is 2.33. The van der Waals surface area contributed by atoms with Crippen LogP contribution in [0.3, 0.4) is 0 Å². The number of hydrogen-bond donors (Lipinski definition) is 0. The van der Waals surface area contributed by atoms with Gasteiger partial charge in [-0.3, -0.25) is 0 Å². The maximum absolute atomic E-state index is 2.38. The summed E-state index contributed by atoms with van der Waals surface area (Å²) in [5.74, 6) is 0. The van der Waals surface area contributed by atoms with Crippen LogP contribution in [0, 0.1) is 0 Å². The summed E-state index contributed by atoms with van der Waals surface area (Å²) in [7, 11) is 0. The van der Waals surface area contributed by atoms with Crippen LogP contribution in [-0.4, -0.2) is 0 Å². The fourth-order valence-corrected chi connectivity index (χ4v) is 4.56. The molecule has 0 saturated heterocycles. The molecule has 1 aliphatic rings. The Morgan fingerprint density at radius 1 is 1.30 bits per heavy atom. The van der Waals surface area contributed by atoms with Gasteiger partial charge in [0.1, 0.15) is 0 Å². The zero-order chi connectivity index (χ0) is 13.2. The molecule has 2 rings (SSSR count). The maximum Gasteiger partial charge on any atom is -1.00 e. The summed E-state index contributed by atoms with van der Waals surface area (Å²) < 4.78 is 1.54. The third kappa shape index (κ3) is 4.24. The summed E-state index contributed by atoms with van der Waals surface area (Å²) in [5, 5.41) is 2.26. The van der Waals surface area contributed by atoms with Crippen molar-refractivity contribution in [1.82, 2.24) is 0 Å².